The number of hydrogen-bond acceptors (Lipinski definition) is 10. The van der Waals surface area contributed by atoms with Crippen molar-refractivity contribution < 1.29 is 37.5 Å². The number of phenolic OH excluding ortho intramolecular Hbond substituents is 4. The van der Waals surface area contributed by atoms with Gasteiger partial charge in [0, 0.05) is 44.5 Å². The van der Waals surface area contributed by atoms with Crippen LogP contribution in [0, 0.1) is 0 Å². The minimum atomic E-state index is -0.0601. The van der Waals surface area contributed by atoms with Gasteiger partial charge in [-0.05, 0) is 35.0 Å². The largest absolute Gasteiger partial charge is 2.00 e. The van der Waals surface area contributed by atoms with E-state index in [0.29, 0.717) is 43.8 Å². The Kier molecular flexibility index (Phi) is 5.60. The molecule has 0 atom stereocenters. The van der Waals surface area contributed by atoms with Crippen LogP contribution in [0.4, 0.5) is 0 Å². The smallest absolute Gasteiger partial charge is 0.507 e. The monoisotopic (exact) mass is 639 g/mol. The van der Waals surface area contributed by atoms with Gasteiger partial charge in [-0.3, -0.25) is 0 Å². The molecule has 219 valence electrons. The standard InChI is InChI=1S/C32H16N8O4.Cu/c41-17-9-1-5-13-21(17)29-33-25(13)37-30-22-14(6-2-10-18(22)42)27(34-30)39-32-24-16(8-4-12-20(24)44)28(36-32)40-31-23-15(26(35-31)38-29)7-3-11-19(23)43;/h1-12H,(H4-2,33,34,35,36,37,38,39,40,41,42,43,44);/q-2;+2. The molecule has 2 aliphatic heterocycles. The van der Waals surface area contributed by atoms with Crippen LogP contribution in [0.3, 0.4) is 0 Å². The predicted molar refractivity (Wildman–Crippen MR) is 161 cm³/mol. The Bertz CT molecular complexity index is 2400. The van der Waals surface area contributed by atoms with Crippen LogP contribution in [0.1, 0.15) is 0 Å². The van der Waals surface area contributed by atoms with E-state index in [2.05, 4.69) is 19.9 Å². The molecule has 7 aromatic rings. The van der Waals surface area contributed by atoms with E-state index in [4.69, 9.17) is 19.9 Å². The van der Waals surface area contributed by atoms with Gasteiger partial charge in [-0.2, -0.15) is 0 Å². The van der Waals surface area contributed by atoms with Crippen LogP contribution in [0.25, 0.3) is 89.7 Å². The first-order valence-corrected chi connectivity index (χ1v) is 13.4. The predicted octanol–water partition coefficient (Wildman–Crippen LogP) is 4.95. The molecule has 8 bridgehead atoms. The van der Waals surface area contributed by atoms with Crippen LogP contribution in [0.5, 0.6) is 23.0 Å². The van der Waals surface area contributed by atoms with E-state index in [0.717, 1.165) is 0 Å². The van der Waals surface area contributed by atoms with Crippen LogP contribution in [-0.2, 0) is 17.1 Å². The summed E-state index contributed by atoms with van der Waals surface area (Å²) >= 11 is 0. The van der Waals surface area contributed by atoms with E-state index in [-0.39, 0.29) is 86.0 Å². The van der Waals surface area contributed by atoms with Crippen molar-refractivity contribution in [2.45, 2.75) is 0 Å². The molecule has 0 saturated carbocycles. The molecule has 0 unspecified atom stereocenters. The SMILES string of the molecule is Oc1cccc2c1-c1nc-2nc2[n-]c(nc3nc(nc4[n-]c(n1)c1cccc(O)c41)-c1cccc(O)c1-3)c1cccc(O)c21.[Cu+2]. The van der Waals surface area contributed by atoms with Gasteiger partial charge in [0.25, 0.3) is 0 Å². The molecule has 45 heavy (non-hydrogen) atoms. The minimum absolute atomic E-state index is 0. The molecule has 13 heteroatoms. The number of nitrogens with zero attached hydrogens (tertiary/aromatic N) is 8. The van der Waals surface area contributed by atoms with Crippen molar-refractivity contribution in [2.75, 3.05) is 0 Å². The summed E-state index contributed by atoms with van der Waals surface area (Å²) in [6.45, 7) is 0. The first-order chi connectivity index (χ1) is 21.4. The summed E-state index contributed by atoms with van der Waals surface area (Å²) in [4.78, 5) is 37.5. The van der Waals surface area contributed by atoms with Crippen LogP contribution in [0.2, 0.25) is 0 Å². The average molecular weight is 640 g/mol. The Morgan fingerprint density at radius 1 is 0.400 bits per heavy atom. The summed E-state index contributed by atoms with van der Waals surface area (Å²) in [6.07, 6.45) is 0. The Morgan fingerprint density at radius 3 is 1.22 bits per heavy atom. The van der Waals surface area contributed by atoms with Gasteiger partial charge in [0.05, 0.1) is 34.4 Å². The maximum atomic E-state index is 10.9. The van der Waals surface area contributed by atoms with E-state index in [1.165, 1.54) is 24.3 Å². The molecular formula is C32H16CuN8O4. The summed E-state index contributed by atoms with van der Waals surface area (Å²) in [6, 6.07) is 19.8. The van der Waals surface area contributed by atoms with E-state index >= 15 is 0 Å². The molecule has 3 aromatic heterocycles. The fourth-order valence-electron chi connectivity index (χ4n) is 5.78. The van der Waals surface area contributed by atoms with Gasteiger partial charge in [-0.1, -0.05) is 48.5 Å². The van der Waals surface area contributed by atoms with Crippen molar-refractivity contribution in [3.8, 4) is 68.5 Å². The third-order valence-corrected chi connectivity index (χ3v) is 7.72. The number of phenols is 4. The van der Waals surface area contributed by atoms with Gasteiger partial charge in [-0.25, -0.2) is 9.97 Å². The number of hydrogen-bond donors (Lipinski definition) is 4. The first kappa shape index (κ1) is 26.6. The summed E-state index contributed by atoms with van der Waals surface area (Å²) in [7, 11) is 0. The van der Waals surface area contributed by atoms with Gasteiger partial charge in [0.15, 0.2) is 0 Å². The fourth-order valence-corrected chi connectivity index (χ4v) is 5.78. The Morgan fingerprint density at radius 2 is 0.778 bits per heavy atom. The molecule has 0 saturated heterocycles. The molecule has 0 fully saturated rings. The second kappa shape index (κ2) is 9.48. The summed E-state index contributed by atoms with van der Waals surface area (Å²) in [5.74, 6) is 0.461. The Labute approximate surface area is 262 Å². The van der Waals surface area contributed by atoms with Gasteiger partial charge in [-0.15, -0.1) is 0 Å². The third kappa shape index (κ3) is 3.78. The number of benzene rings is 4. The second-order valence-corrected chi connectivity index (χ2v) is 10.3. The van der Waals surface area contributed by atoms with Gasteiger partial charge < -0.3 is 50.3 Å². The third-order valence-electron chi connectivity index (χ3n) is 7.72. The molecule has 2 aliphatic rings. The molecule has 0 amide bonds. The Balaban J connectivity index is 0.00000300. The molecule has 12 nitrogen and oxygen atoms in total. The van der Waals surface area contributed by atoms with Crippen LogP contribution in [-0.4, -0.2) is 50.3 Å². The number of rotatable bonds is 0. The molecule has 5 heterocycles. The minimum Gasteiger partial charge on any atom is -0.507 e. The molecule has 0 aliphatic carbocycles. The van der Waals surface area contributed by atoms with Gasteiger partial charge in [0.2, 0.25) is 0 Å². The maximum absolute atomic E-state index is 10.9. The van der Waals surface area contributed by atoms with E-state index in [1.54, 1.807) is 48.5 Å². The number of aromatic nitrogens is 8. The maximum Gasteiger partial charge on any atom is 2.00 e. The number of aromatic hydroxyl groups is 4. The zero-order valence-electron chi connectivity index (χ0n) is 22.6. The topological polar surface area (TPSA) is 186 Å². The first-order valence-electron chi connectivity index (χ1n) is 13.4. The van der Waals surface area contributed by atoms with Gasteiger partial charge >= 0.3 is 17.1 Å². The van der Waals surface area contributed by atoms with E-state index < -0.39 is 0 Å². The fraction of sp³-hybridized carbons (Fsp3) is 0. The second-order valence-electron chi connectivity index (χ2n) is 10.3. The van der Waals surface area contributed by atoms with Crippen molar-refractivity contribution >= 4 is 44.1 Å². The van der Waals surface area contributed by atoms with Crippen molar-refractivity contribution in [3.63, 3.8) is 0 Å². The molecule has 0 spiro atoms. The molecule has 4 N–H and O–H groups in total. The van der Waals surface area contributed by atoms with Crippen molar-refractivity contribution in [2.24, 2.45) is 0 Å². The Hall–Kier alpha value is -6.04. The molecule has 9 rings (SSSR count). The molecule has 4 aromatic carbocycles. The van der Waals surface area contributed by atoms with Crippen LogP contribution < -0.4 is 9.97 Å². The van der Waals surface area contributed by atoms with Crippen LogP contribution >= 0.6 is 0 Å². The summed E-state index contributed by atoms with van der Waals surface area (Å²) < 4.78 is 0. The van der Waals surface area contributed by atoms with Crippen molar-refractivity contribution in [1.82, 2.24) is 39.9 Å². The summed E-state index contributed by atoms with van der Waals surface area (Å²) in [5, 5.41) is 45.2. The van der Waals surface area contributed by atoms with Crippen molar-refractivity contribution in [1.29, 1.82) is 0 Å². The average Bonchev–Trinajstić information content (AvgIpc) is 3.74. The van der Waals surface area contributed by atoms with Crippen molar-refractivity contribution in [3.05, 3.63) is 72.8 Å². The zero-order valence-corrected chi connectivity index (χ0v) is 23.5. The van der Waals surface area contributed by atoms with Crippen LogP contribution in [0.15, 0.2) is 72.8 Å². The normalized spacial score (nSPS) is 11.7. The summed E-state index contributed by atoms with van der Waals surface area (Å²) in [5.41, 5.74) is 2.39. The molecular weight excluding hydrogens is 624 g/mol. The van der Waals surface area contributed by atoms with Gasteiger partial charge in [0.1, 0.15) is 23.0 Å². The number of fused-ring (bicyclic) bond motifs is 20. The zero-order chi connectivity index (χ0) is 29.7. The van der Waals surface area contributed by atoms with E-state index in [9.17, 15) is 20.4 Å². The quantitative estimate of drug-likeness (QED) is 0.164. The molecule has 1 radical (unpaired) electrons. The van der Waals surface area contributed by atoms with E-state index in [1.807, 2.05) is 0 Å².